The number of carbonyl (C=O) groups excluding carboxylic acids is 1. The van der Waals surface area contributed by atoms with E-state index in [1.165, 1.54) is 11.1 Å². The van der Waals surface area contributed by atoms with Crippen LogP contribution in [0.2, 0.25) is 0 Å². The number of hydrogen-bond donors (Lipinski definition) is 2. The Balaban J connectivity index is 1.25. The quantitative estimate of drug-likeness (QED) is 0.375. The second-order valence-electron chi connectivity index (χ2n) is 9.44. The molecule has 1 atom stereocenters. The van der Waals surface area contributed by atoms with Gasteiger partial charge in [-0.05, 0) is 49.4 Å². The maximum atomic E-state index is 12.9. The highest BCUT2D eigenvalue weighted by molar-refractivity contribution is 6.00. The third kappa shape index (κ3) is 5.87. The molecule has 3 aromatic carbocycles. The van der Waals surface area contributed by atoms with E-state index in [4.69, 9.17) is 0 Å². The first kappa shape index (κ1) is 23.1. The number of aromatic nitrogens is 1. The molecule has 5 rings (SSSR count). The third-order valence-electron chi connectivity index (χ3n) is 6.79. The molecule has 178 valence electrons. The molecule has 2 amide bonds. The van der Waals surface area contributed by atoms with Gasteiger partial charge in [0.1, 0.15) is 0 Å². The predicted octanol–water partition coefficient (Wildman–Crippen LogP) is 5.59. The van der Waals surface area contributed by atoms with Crippen molar-refractivity contribution in [3.8, 4) is 0 Å². The first-order valence-corrected chi connectivity index (χ1v) is 12.4. The summed E-state index contributed by atoms with van der Waals surface area (Å²) in [6.45, 7) is 3.78. The highest BCUT2D eigenvalue weighted by Gasteiger charge is 2.29. The Morgan fingerprint density at radius 1 is 0.943 bits per heavy atom. The van der Waals surface area contributed by atoms with Crippen LogP contribution in [0.3, 0.4) is 0 Å². The number of para-hydroxylation sites is 1. The number of aryl methyl sites for hydroxylation is 1. The molecule has 1 aliphatic rings. The first-order valence-electron chi connectivity index (χ1n) is 12.4. The molecule has 1 aromatic heterocycles. The number of likely N-dealkylation sites (tertiary alicyclic amines) is 1. The van der Waals surface area contributed by atoms with Crippen LogP contribution in [0.25, 0.3) is 10.9 Å². The lowest BCUT2D eigenvalue weighted by Crippen LogP contribution is -2.42. The van der Waals surface area contributed by atoms with Gasteiger partial charge in [0.15, 0.2) is 0 Å². The summed E-state index contributed by atoms with van der Waals surface area (Å²) in [5, 5.41) is 7.23. The van der Waals surface area contributed by atoms with Crippen molar-refractivity contribution in [2.24, 2.45) is 0 Å². The molecule has 0 aliphatic carbocycles. The fraction of sp³-hybridized carbons (Fsp3) is 0.267. The zero-order valence-corrected chi connectivity index (χ0v) is 20.2. The molecule has 1 fully saturated rings. The molecule has 35 heavy (non-hydrogen) atoms. The Labute approximate surface area is 207 Å². The number of carbonyl (C=O) groups is 1. The van der Waals surface area contributed by atoms with Crippen LogP contribution in [0.5, 0.6) is 0 Å². The van der Waals surface area contributed by atoms with Crippen molar-refractivity contribution < 1.29 is 4.79 Å². The van der Waals surface area contributed by atoms with Crippen LogP contribution in [0.4, 0.5) is 10.5 Å². The largest absolute Gasteiger partial charge is 0.334 e. The zero-order valence-electron chi connectivity index (χ0n) is 20.2. The minimum Gasteiger partial charge on any atom is -0.334 e. The summed E-state index contributed by atoms with van der Waals surface area (Å²) in [5.74, 6) is 0. The summed E-state index contributed by atoms with van der Waals surface area (Å²) in [7, 11) is 0. The highest BCUT2D eigenvalue weighted by Crippen LogP contribution is 2.24. The molecule has 0 spiro atoms. The Morgan fingerprint density at radius 2 is 1.57 bits per heavy atom. The van der Waals surface area contributed by atoms with Crippen LogP contribution in [0.1, 0.15) is 23.2 Å². The van der Waals surface area contributed by atoms with Gasteiger partial charge in [-0.2, -0.15) is 0 Å². The summed E-state index contributed by atoms with van der Waals surface area (Å²) < 4.78 is 0. The standard InChI is InChI=1S/C30H32N4O/c1-22-18-29(27-14-8-9-15-28(27)31-22)33-30(35)32-25-16-17-34(21-25)26(19-23-10-4-2-5-11-23)20-24-12-6-3-7-13-24/h2-15,18,25-26H,16-17,19-21H2,1H3,(H2,31,32,33,35)/t25-/m0/s1. The van der Waals surface area contributed by atoms with E-state index in [-0.39, 0.29) is 12.1 Å². The van der Waals surface area contributed by atoms with E-state index in [2.05, 4.69) is 81.2 Å². The lowest BCUT2D eigenvalue weighted by molar-refractivity contribution is 0.229. The van der Waals surface area contributed by atoms with E-state index in [0.717, 1.165) is 54.6 Å². The molecule has 2 N–H and O–H groups in total. The van der Waals surface area contributed by atoms with Gasteiger partial charge < -0.3 is 10.6 Å². The molecule has 0 bridgehead atoms. The molecule has 0 saturated carbocycles. The number of benzene rings is 3. The molecule has 4 aromatic rings. The summed E-state index contributed by atoms with van der Waals surface area (Å²) in [6, 6.07) is 31.6. The van der Waals surface area contributed by atoms with Crippen molar-refractivity contribution in [3.63, 3.8) is 0 Å². The average Bonchev–Trinajstić information content (AvgIpc) is 3.33. The SMILES string of the molecule is Cc1cc(NC(=O)N[C@H]2CCN(C(Cc3ccccc3)Cc3ccccc3)C2)c2ccccc2n1. The lowest BCUT2D eigenvalue weighted by atomic mass is 9.98. The molecule has 2 heterocycles. The van der Waals surface area contributed by atoms with Crippen LogP contribution in [-0.2, 0) is 12.8 Å². The van der Waals surface area contributed by atoms with Crippen molar-refractivity contribution in [3.05, 3.63) is 108 Å². The van der Waals surface area contributed by atoms with Crippen LogP contribution < -0.4 is 10.6 Å². The molecule has 1 aliphatic heterocycles. The van der Waals surface area contributed by atoms with Gasteiger partial charge in [0, 0.05) is 36.3 Å². The number of fused-ring (bicyclic) bond motifs is 1. The summed E-state index contributed by atoms with van der Waals surface area (Å²) in [6.07, 6.45) is 2.94. The van der Waals surface area contributed by atoms with Gasteiger partial charge in [-0.1, -0.05) is 78.9 Å². The molecule has 5 nitrogen and oxygen atoms in total. The van der Waals surface area contributed by atoms with Crippen molar-refractivity contribution >= 4 is 22.6 Å². The second kappa shape index (κ2) is 10.7. The van der Waals surface area contributed by atoms with Crippen LogP contribution >= 0.6 is 0 Å². The predicted molar refractivity (Wildman–Crippen MR) is 143 cm³/mol. The van der Waals surface area contributed by atoms with Crippen molar-refractivity contribution in [1.29, 1.82) is 0 Å². The first-order chi connectivity index (χ1) is 17.1. The van der Waals surface area contributed by atoms with Crippen LogP contribution in [0.15, 0.2) is 91.0 Å². The number of hydrogen-bond acceptors (Lipinski definition) is 3. The molecule has 5 heteroatoms. The minimum absolute atomic E-state index is 0.123. The monoisotopic (exact) mass is 464 g/mol. The van der Waals surface area contributed by atoms with Gasteiger partial charge in [0.05, 0.1) is 11.2 Å². The number of nitrogens with one attached hydrogen (secondary N) is 2. The second-order valence-corrected chi connectivity index (χ2v) is 9.44. The number of urea groups is 1. The summed E-state index contributed by atoms with van der Waals surface area (Å²) in [4.78, 5) is 20.0. The maximum Gasteiger partial charge on any atom is 0.319 e. The van der Waals surface area contributed by atoms with E-state index in [0.29, 0.717) is 6.04 Å². The van der Waals surface area contributed by atoms with Crippen LogP contribution in [-0.4, -0.2) is 41.1 Å². The molecular formula is C30H32N4O. The fourth-order valence-electron chi connectivity index (χ4n) is 5.09. The molecule has 1 saturated heterocycles. The average molecular weight is 465 g/mol. The van der Waals surface area contributed by atoms with Crippen molar-refractivity contribution in [2.45, 2.75) is 38.3 Å². The molecular weight excluding hydrogens is 432 g/mol. The topological polar surface area (TPSA) is 57.3 Å². The van der Waals surface area contributed by atoms with E-state index in [9.17, 15) is 4.79 Å². The lowest BCUT2D eigenvalue weighted by Gasteiger charge is -2.28. The van der Waals surface area contributed by atoms with E-state index >= 15 is 0 Å². The van der Waals surface area contributed by atoms with Gasteiger partial charge in [-0.3, -0.25) is 9.88 Å². The van der Waals surface area contributed by atoms with Gasteiger partial charge >= 0.3 is 6.03 Å². The number of anilines is 1. The number of pyridine rings is 1. The normalized spacial score (nSPS) is 16.0. The van der Waals surface area contributed by atoms with Crippen LogP contribution in [0, 0.1) is 6.92 Å². The number of amides is 2. The third-order valence-corrected chi connectivity index (χ3v) is 6.79. The summed E-state index contributed by atoms with van der Waals surface area (Å²) >= 11 is 0. The van der Waals surface area contributed by atoms with Gasteiger partial charge in [0.2, 0.25) is 0 Å². The van der Waals surface area contributed by atoms with Crippen molar-refractivity contribution in [2.75, 3.05) is 18.4 Å². The van der Waals surface area contributed by atoms with Gasteiger partial charge in [-0.25, -0.2) is 4.79 Å². The van der Waals surface area contributed by atoms with E-state index in [1.807, 2.05) is 37.3 Å². The summed E-state index contributed by atoms with van der Waals surface area (Å²) in [5.41, 5.74) is 5.27. The maximum absolute atomic E-state index is 12.9. The van der Waals surface area contributed by atoms with Gasteiger partial charge in [0.25, 0.3) is 0 Å². The van der Waals surface area contributed by atoms with Crippen molar-refractivity contribution in [1.82, 2.24) is 15.2 Å². The molecule has 0 radical (unpaired) electrons. The van der Waals surface area contributed by atoms with E-state index < -0.39 is 0 Å². The Kier molecular flexibility index (Phi) is 7.05. The smallest absolute Gasteiger partial charge is 0.319 e. The number of rotatable bonds is 7. The number of nitrogens with zero attached hydrogens (tertiary/aromatic N) is 2. The van der Waals surface area contributed by atoms with Gasteiger partial charge in [-0.15, -0.1) is 0 Å². The minimum atomic E-state index is -0.157. The Morgan fingerprint density at radius 3 is 2.26 bits per heavy atom. The highest BCUT2D eigenvalue weighted by atomic mass is 16.2. The zero-order chi connectivity index (χ0) is 24.0. The Hall–Kier alpha value is -3.70. The molecule has 0 unspecified atom stereocenters. The van der Waals surface area contributed by atoms with E-state index in [1.54, 1.807) is 0 Å². The fourth-order valence-corrected chi connectivity index (χ4v) is 5.09. The Bertz CT molecular complexity index is 1230.